The van der Waals surface area contributed by atoms with E-state index in [9.17, 15) is 30.0 Å². The third kappa shape index (κ3) is 20.0. The van der Waals surface area contributed by atoms with Gasteiger partial charge in [-0.3, -0.25) is 9.59 Å². The molecule has 0 amide bonds. The molecule has 0 aliphatic heterocycles. The maximum absolute atomic E-state index is 12.0. The number of hydrogen-bond acceptors (Lipinski definition) is 8. The Morgan fingerprint density at radius 2 is 1.40 bits per heavy atom. The monoisotopic (exact) mass is 610 g/mol. The third-order valence-corrected chi connectivity index (χ3v) is 8.19. The number of aliphatic hydroxyl groups excluding tert-OH is 4. The first-order chi connectivity index (χ1) is 20.6. The molecule has 6 atom stereocenters. The van der Waals surface area contributed by atoms with Crippen LogP contribution in [-0.2, 0) is 19.1 Å². The number of esters is 2. The molecule has 1 rings (SSSR count). The maximum Gasteiger partial charge on any atom is 0.305 e. The molecule has 4 N–H and O–H groups in total. The van der Waals surface area contributed by atoms with E-state index in [0.29, 0.717) is 38.5 Å². The average Bonchev–Trinajstić information content (AvgIpc) is 3.23. The SMILES string of the molecule is CCCCC[C@H](O)/C=C/[C@@H]1[C@@H](C/C=C/CCCC(=O)OC[C@@H](O)COC(=O)CCCCCCCCC(C)C)[C@@H](O)C[C@H]1O. The van der Waals surface area contributed by atoms with Crippen molar-refractivity contribution in [2.75, 3.05) is 13.2 Å². The Morgan fingerprint density at radius 3 is 2.05 bits per heavy atom. The summed E-state index contributed by atoms with van der Waals surface area (Å²) in [6, 6.07) is 0. The first kappa shape index (κ1) is 39.3. The number of rotatable bonds is 25. The summed E-state index contributed by atoms with van der Waals surface area (Å²) < 4.78 is 10.2. The third-order valence-electron chi connectivity index (χ3n) is 8.19. The fraction of sp³-hybridized carbons (Fsp3) is 0.829. The molecule has 0 unspecified atom stereocenters. The Balaban J connectivity index is 2.14. The Morgan fingerprint density at radius 1 is 0.791 bits per heavy atom. The Bertz CT molecular complexity index is 780. The van der Waals surface area contributed by atoms with E-state index < -0.39 is 30.4 Å². The fourth-order valence-corrected chi connectivity index (χ4v) is 5.50. The van der Waals surface area contributed by atoms with E-state index in [1.807, 2.05) is 18.2 Å². The van der Waals surface area contributed by atoms with Gasteiger partial charge in [-0.2, -0.15) is 0 Å². The van der Waals surface area contributed by atoms with Crippen molar-refractivity contribution >= 4 is 11.9 Å². The lowest BCUT2D eigenvalue weighted by atomic mass is 9.89. The maximum atomic E-state index is 12.0. The molecule has 1 fully saturated rings. The van der Waals surface area contributed by atoms with Crippen molar-refractivity contribution in [1.82, 2.24) is 0 Å². The summed E-state index contributed by atoms with van der Waals surface area (Å²) in [5.41, 5.74) is 0. The molecule has 250 valence electrons. The molecule has 43 heavy (non-hydrogen) atoms. The van der Waals surface area contributed by atoms with E-state index in [0.717, 1.165) is 44.4 Å². The van der Waals surface area contributed by atoms with Gasteiger partial charge in [0.15, 0.2) is 0 Å². The van der Waals surface area contributed by atoms with E-state index in [1.165, 1.54) is 25.7 Å². The van der Waals surface area contributed by atoms with Gasteiger partial charge in [-0.25, -0.2) is 0 Å². The molecule has 0 bridgehead atoms. The molecule has 8 nitrogen and oxygen atoms in total. The lowest BCUT2D eigenvalue weighted by molar-refractivity contribution is -0.152. The predicted molar refractivity (Wildman–Crippen MR) is 170 cm³/mol. The van der Waals surface area contributed by atoms with Crippen LogP contribution in [-0.4, -0.2) is 70.0 Å². The zero-order valence-electron chi connectivity index (χ0n) is 27.2. The van der Waals surface area contributed by atoms with E-state index in [4.69, 9.17) is 9.47 Å². The van der Waals surface area contributed by atoms with Crippen molar-refractivity contribution in [3.63, 3.8) is 0 Å². The molecule has 0 radical (unpaired) electrons. The van der Waals surface area contributed by atoms with Gasteiger partial charge >= 0.3 is 11.9 Å². The number of carbonyl (C=O) groups is 2. The van der Waals surface area contributed by atoms with Crippen LogP contribution in [0.15, 0.2) is 24.3 Å². The summed E-state index contributed by atoms with van der Waals surface area (Å²) in [7, 11) is 0. The van der Waals surface area contributed by atoms with Crippen LogP contribution in [0.5, 0.6) is 0 Å². The molecule has 0 aromatic rings. The molecule has 1 aliphatic carbocycles. The number of hydrogen-bond donors (Lipinski definition) is 4. The largest absolute Gasteiger partial charge is 0.463 e. The predicted octanol–water partition coefficient (Wildman–Crippen LogP) is 6.18. The average molecular weight is 611 g/mol. The highest BCUT2D eigenvalue weighted by Crippen LogP contribution is 2.36. The minimum atomic E-state index is -1.04. The summed E-state index contributed by atoms with van der Waals surface area (Å²) in [6.07, 6.45) is 19.2. The highest BCUT2D eigenvalue weighted by molar-refractivity contribution is 5.69. The molecule has 0 aromatic carbocycles. The highest BCUT2D eigenvalue weighted by Gasteiger charge is 2.39. The van der Waals surface area contributed by atoms with Crippen LogP contribution in [0.25, 0.3) is 0 Å². The van der Waals surface area contributed by atoms with Crippen LogP contribution >= 0.6 is 0 Å². The second kappa shape index (κ2) is 24.6. The molecule has 0 saturated heterocycles. The van der Waals surface area contributed by atoms with Gasteiger partial charge in [0.1, 0.15) is 19.3 Å². The van der Waals surface area contributed by atoms with Gasteiger partial charge in [-0.15, -0.1) is 0 Å². The lowest BCUT2D eigenvalue weighted by Gasteiger charge is -2.19. The summed E-state index contributed by atoms with van der Waals surface area (Å²) >= 11 is 0. The van der Waals surface area contributed by atoms with Crippen molar-refractivity contribution in [1.29, 1.82) is 0 Å². The first-order valence-corrected chi connectivity index (χ1v) is 17.0. The lowest BCUT2D eigenvalue weighted by Crippen LogP contribution is -2.25. The Kier molecular flexibility index (Phi) is 22.4. The van der Waals surface area contributed by atoms with Gasteiger partial charge in [0.05, 0.1) is 18.3 Å². The molecule has 1 saturated carbocycles. The molecular weight excluding hydrogens is 548 g/mol. The number of allylic oxidation sites excluding steroid dienone is 2. The van der Waals surface area contributed by atoms with Gasteiger partial charge in [0.2, 0.25) is 0 Å². The van der Waals surface area contributed by atoms with Crippen LogP contribution in [0.1, 0.15) is 130 Å². The van der Waals surface area contributed by atoms with E-state index in [-0.39, 0.29) is 37.4 Å². The van der Waals surface area contributed by atoms with E-state index >= 15 is 0 Å². The number of unbranched alkanes of at least 4 members (excludes halogenated alkanes) is 8. The zero-order valence-corrected chi connectivity index (χ0v) is 27.2. The van der Waals surface area contributed by atoms with Crippen LogP contribution < -0.4 is 0 Å². The van der Waals surface area contributed by atoms with Gasteiger partial charge in [-0.05, 0) is 43.9 Å². The highest BCUT2D eigenvalue weighted by atomic mass is 16.6. The number of ether oxygens (including phenoxy) is 2. The van der Waals surface area contributed by atoms with Gasteiger partial charge < -0.3 is 29.9 Å². The number of aliphatic hydroxyl groups is 4. The second-order valence-electron chi connectivity index (χ2n) is 12.7. The van der Waals surface area contributed by atoms with E-state index in [1.54, 1.807) is 6.08 Å². The second-order valence-corrected chi connectivity index (χ2v) is 12.7. The normalized spacial score (nSPS) is 22.0. The van der Waals surface area contributed by atoms with Crippen molar-refractivity contribution in [3.05, 3.63) is 24.3 Å². The summed E-state index contributed by atoms with van der Waals surface area (Å²) in [4.78, 5) is 23.9. The summed E-state index contributed by atoms with van der Waals surface area (Å²) in [5.74, 6) is -0.305. The van der Waals surface area contributed by atoms with E-state index in [2.05, 4.69) is 20.8 Å². The van der Waals surface area contributed by atoms with Crippen LogP contribution in [0.3, 0.4) is 0 Å². The van der Waals surface area contributed by atoms with Gasteiger partial charge in [0.25, 0.3) is 0 Å². The summed E-state index contributed by atoms with van der Waals surface area (Å²) in [5, 5.41) is 40.9. The minimum Gasteiger partial charge on any atom is -0.463 e. The van der Waals surface area contributed by atoms with Crippen molar-refractivity contribution < 1.29 is 39.5 Å². The van der Waals surface area contributed by atoms with Crippen molar-refractivity contribution in [2.24, 2.45) is 17.8 Å². The minimum absolute atomic E-state index is 0.115. The first-order valence-electron chi connectivity index (χ1n) is 17.0. The molecule has 0 spiro atoms. The molecule has 0 heterocycles. The van der Waals surface area contributed by atoms with Gasteiger partial charge in [0, 0.05) is 25.2 Å². The molecule has 0 aromatic heterocycles. The molecule has 8 heteroatoms. The van der Waals surface area contributed by atoms with Crippen molar-refractivity contribution in [2.45, 2.75) is 154 Å². The zero-order chi connectivity index (χ0) is 31.9. The number of carbonyl (C=O) groups excluding carboxylic acids is 2. The molecular formula is C35H62O8. The fourth-order valence-electron chi connectivity index (χ4n) is 5.50. The summed E-state index contributed by atoms with van der Waals surface area (Å²) in [6.45, 7) is 6.22. The smallest absolute Gasteiger partial charge is 0.305 e. The van der Waals surface area contributed by atoms with Gasteiger partial charge in [-0.1, -0.05) is 103 Å². The Labute approximate surface area is 260 Å². The Hall–Kier alpha value is -1.74. The van der Waals surface area contributed by atoms with Crippen molar-refractivity contribution in [3.8, 4) is 0 Å². The molecule has 1 aliphatic rings. The van der Waals surface area contributed by atoms with Crippen LogP contribution in [0.4, 0.5) is 0 Å². The quantitative estimate of drug-likeness (QED) is 0.0547. The van der Waals surface area contributed by atoms with Crippen LogP contribution in [0, 0.1) is 17.8 Å². The van der Waals surface area contributed by atoms with Crippen LogP contribution in [0.2, 0.25) is 0 Å². The topological polar surface area (TPSA) is 134 Å². The standard InChI is InChI=1S/C35H62O8/c1-4-5-12-18-28(36)22-23-31-30(32(38)24-33(31)39)19-14-10-11-16-21-35(41)43-26-29(37)25-42-34(40)20-15-9-7-6-8-13-17-27(2)3/h10,14,22-23,27-33,36-39H,4-9,11-13,15-21,24-26H2,1-3H3/b14-10+,23-22+/t28-,29-,30+,31+,32-,33+/m0/s1.